The van der Waals surface area contributed by atoms with Crippen LogP contribution in [0.1, 0.15) is 33.6 Å². The SMILES string of the molecule is Cc1cccc(-n2c(C)cc(/C=C3\SC(=O)N(Cc4ccc(F)cc4)C3=O)c2C)c1C. The molecule has 0 N–H and O–H groups in total. The molecule has 0 atom stereocenters. The third-order valence-electron chi connectivity index (χ3n) is 5.70. The van der Waals surface area contributed by atoms with Crippen LogP contribution in [0.25, 0.3) is 11.8 Å². The first kappa shape index (κ1) is 21.1. The molecule has 3 aromatic rings. The Labute approximate surface area is 185 Å². The van der Waals surface area contributed by atoms with Crippen LogP contribution in [0.3, 0.4) is 0 Å². The number of benzene rings is 2. The van der Waals surface area contributed by atoms with Crippen molar-refractivity contribution in [3.05, 3.63) is 92.9 Å². The largest absolute Gasteiger partial charge is 0.318 e. The van der Waals surface area contributed by atoms with Crippen molar-refractivity contribution >= 4 is 29.0 Å². The molecule has 6 heteroatoms. The van der Waals surface area contributed by atoms with Gasteiger partial charge in [-0.1, -0.05) is 24.3 Å². The first-order valence-corrected chi connectivity index (χ1v) is 10.8. The van der Waals surface area contributed by atoms with E-state index in [0.717, 1.165) is 34.4 Å². The van der Waals surface area contributed by atoms with Crippen LogP contribution < -0.4 is 0 Å². The van der Waals surface area contributed by atoms with Gasteiger partial charge in [0.25, 0.3) is 11.1 Å². The molecule has 1 aliphatic heterocycles. The van der Waals surface area contributed by atoms with Gasteiger partial charge in [0.1, 0.15) is 5.82 Å². The van der Waals surface area contributed by atoms with Crippen LogP contribution in [-0.2, 0) is 11.3 Å². The fraction of sp³-hybridized carbons (Fsp3) is 0.200. The number of hydrogen-bond acceptors (Lipinski definition) is 3. The van der Waals surface area contributed by atoms with Crippen molar-refractivity contribution in [3.63, 3.8) is 0 Å². The molecular formula is C25H23FN2O2S. The van der Waals surface area contributed by atoms with E-state index in [0.29, 0.717) is 10.5 Å². The molecule has 0 aliphatic carbocycles. The van der Waals surface area contributed by atoms with E-state index < -0.39 is 0 Å². The van der Waals surface area contributed by atoms with Crippen molar-refractivity contribution in [3.8, 4) is 5.69 Å². The van der Waals surface area contributed by atoms with Gasteiger partial charge in [-0.2, -0.15) is 0 Å². The normalized spacial score (nSPS) is 15.4. The van der Waals surface area contributed by atoms with Gasteiger partial charge in [-0.25, -0.2) is 4.39 Å². The minimum absolute atomic E-state index is 0.129. The van der Waals surface area contributed by atoms with Gasteiger partial charge in [-0.3, -0.25) is 14.5 Å². The topological polar surface area (TPSA) is 42.3 Å². The zero-order valence-corrected chi connectivity index (χ0v) is 18.7. The van der Waals surface area contributed by atoms with Crippen molar-refractivity contribution in [1.82, 2.24) is 9.47 Å². The molecule has 2 heterocycles. The summed E-state index contributed by atoms with van der Waals surface area (Å²) in [5.74, 6) is -0.673. The van der Waals surface area contributed by atoms with Crippen LogP contribution in [0.5, 0.6) is 0 Å². The molecule has 4 nitrogen and oxygen atoms in total. The number of carbonyl (C=O) groups is 2. The molecule has 0 saturated carbocycles. The standard InChI is InChI=1S/C25H23FN2O2S/c1-15-6-5-7-22(17(15)3)28-16(2)12-20(18(28)4)13-23-24(29)27(25(30)31-23)14-19-8-10-21(26)11-9-19/h5-13H,14H2,1-4H3/b23-13-. The smallest absolute Gasteiger partial charge is 0.293 e. The summed E-state index contributed by atoms with van der Waals surface area (Å²) in [5.41, 5.74) is 7.21. The van der Waals surface area contributed by atoms with E-state index in [-0.39, 0.29) is 23.5 Å². The van der Waals surface area contributed by atoms with Crippen molar-refractivity contribution in [2.24, 2.45) is 0 Å². The predicted molar refractivity (Wildman–Crippen MR) is 123 cm³/mol. The summed E-state index contributed by atoms with van der Waals surface area (Å²) in [6, 6.07) is 14.1. The van der Waals surface area contributed by atoms with E-state index in [1.165, 1.54) is 28.2 Å². The molecule has 2 aromatic carbocycles. The molecule has 0 unspecified atom stereocenters. The third kappa shape index (κ3) is 3.95. The zero-order valence-electron chi connectivity index (χ0n) is 17.9. The Morgan fingerprint density at radius 1 is 1.00 bits per heavy atom. The second-order valence-electron chi connectivity index (χ2n) is 7.78. The Bertz CT molecular complexity index is 1230. The van der Waals surface area contributed by atoms with E-state index in [4.69, 9.17) is 0 Å². The highest BCUT2D eigenvalue weighted by molar-refractivity contribution is 8.18. The van der Waals surface area contributed by atoms with Gasteiger partial charge in [-0.05, 0) is 92.1 Å². The maximum atomic E-state index is 13.1. The summed E-state index contributed by atoms with van der Waals surface area (Å²) in [4.78, 5) is 27.0. The fourth-order valence-electron chi connectivity index (χ4n) is 3.83. The fourth-order valence-corrected chi connectivity index (χ4v) is 4.66. The monoisotopic (exact) mass is 434 g/mol. The Morgan fingerprint density at radius 2 is 1.71 bits per heavy atom. The molecule has 1 saturated heterocycles. The van der Waals surface area contributed by atoms with Crippen LogP contribution >= 0.6 is 11.8 Å². The summed E-state index contributed by atoms with van der Waals surface area (Å²) >= 11 is 0.939. The van der Waals surface area contributed by atoms with Gasteiger partial charge < -0.3 is 4.57 Å². The molecule has 4 rings (SSSR count). The summed E-state index contributed by atoms with van der Waals surface area (Å²) in [7, 11) is 0. The van der Waals surface area contributed by atoms with E-state index in [1.54, 1.807) is 18.2 Å². The summed E-state index contributed by atoms with van der Waals surface area (Å²) in [5, 5.41) is -0.316. The Morgan fingerprint density at radius 3 is 2.42 bits per heavy atom. The summed E-state index contributed by atoms with van der Waals surface area (Å²) < 4.78 is 15.3. The van der Waals surface area contributed by atoms with Gasteiger partial charge in [0.2, 0.25) is 0 Å². The lowest BCUT2D eigenvalue weighted by Gasteiger charge is -2.14. The highest BCUT2D eigenvalue weighted by Crippen LogP contribution is 2.35. The predicted octanol–water partition coefficient (Wildman–Crippen LogP) is 6.09. The molecular weight excluding hydrogens is 411 g/mol. The molecule has 158 valence electrons. The van der Waals surface area contributed by atoms with Crippen LogP contribution in [0.15, 0.2) is 53.4 Å². The van der Waals surface area contributed by atoms with Crippen molar-refractivity contribution < 1.29 is 14.0 Å². The second kappa shape index (κ2) is 8.19. The van der Waals surface area contributed by atoms with Crippen LogP contribution in [-0.4, -0.2) is 20.6 Å². The number of rotatable bonds is 4. The highest BCUT2D eigenvalue weighted by Gasteiger charge is 2.35. The Kier molecular flexibility index (Phi) is 5.58. The quantitative estimate of drug-likeness (QED) is 0.467. The van der Waals surface area contributed by atoms with Gasteiger partial charge >= 0.3 is 0 Å². The lowest BCUT2D eigenvalue weighted by atomic mass is 10.1. The van der Waals surface area contributed by atoms with Crippen molar-refractivity contribution in [2.75, 3.05) is 0 Å². The van der Waals surface area contributed by atoms with E-state index in [1.807, 2.05) is 26.0 Å². The number of nitrogens with zero attached hydrogens (tertiary/aromatic N) is 2. The number of amides is 2. The minimum atomic E-state index is -0.350. The molecule has 0 spiro atoms. The first-order chi connectivity index (χ1) is 14.8. The number of aromatic nitrogens is 1. The molecule has 0 bridgehead atoms. The maximum absolute atomic E-state index is 13.1. The number of aryl methyl sites for hydroxylation is 2. The van der Waals surface area contributed by atoms with Gasteiger partial charge in [-0.15, -0.1) is 0 Å². The maximum Gasteiger partial charge on any atom is 0.293 e. The number of carbonyl (C=O) groups excluding carboxylic acids is 2. The molecule has 1 fully saturated rings. The molecule has 2 amide bonds. The Hall–Kier alpha value is -3.12. The highest BCUT2D eigenvalue weighted by atomic mass is 32.2. The second-order valence-corrected chi connectivity index (χ2v) is 8.77. The number of imide groups is 1. The summed E-state index contributed by atoms with van der Waals surface area (Å²) in [6.45, 7) is 8.37. The zero-order chi connectivity index (χ0) is 22.3. The van der Waals surface area contributed by atoms with Crippen LogP contribution in [0.4, 0.5) is 9.18 Å². The average molecular weight is 435 g/mol. The van der Waals surface area contributed by atoms with Gasteiger partial charge in [0, 0.05) is 17.1 Å². The number of thioether (sulfide) groups is 1. The van der Waals surface area contributed by atoms with E-state index in [9.17, 15) is 14.0 Å². The van der Waals surface area contributed by atoms with Crippen LogP contribution in [0.2, 0.25) is 0 Å². The van der Waals surface area contributed by atoms with Crippen LogP contribution in [0, 0.1) is 33.5 Å². The summed E-state index contributed by atoms with van der Waals surface area (Å²) in [6.07, 6.45) is 1.79. The lowest BCUT2D eigenvalue weighted by molar-refractivity contribution is -0.123. The molecule has 1 aromatic heterocycles. The van der Waals surface area contributed by atoms with E-state index >= 15 is 0 Å². The number of hydrogen-bond donors (Lipinski definition) is 0. The minimum Gasteiger partial charge on any atom is -0.318 e. The van der Waals surface area contributed by atoms with Crippen molar-refractivity contribution in [2.45, 2.75) is 34.2 Å². The molecule has 1 aliphatic rings. The van der Waals surface area contributed by atoms with E-state index in [2.05, 4.69) is 30.5 Å². The van der Waals surface area contributed by atoms with Gasteiger partial charge in [0.15, 0.2) is 0 Å². The number of halogens is 1. The Balaban J connectivity index is 1.65. The lowest BCUT2D eigenvalue weighted by Crippen LogP contribution is -2.27. The molecule has 0 radical (unpaired) electrons. The third-order valence-corrected chi connectivity index (χ3v) is 6.61. The first-order valence-electron chi connectivity index (χ1n) is 10.0. The molecule has 31 heavy (non-hydrogen) atoms. The van der Waals surface area contributed by atoms with Crippen molar-refractivity contribution in [1.29, 1.82) is 0 Å². The van der Waals surface area contributed by atoms with Gasteiger partial charge in [0.05, 0.1) is 11.4 Å². The average Bonchev–Trinajstić information content (AvgIpc) is 3.15.